The summed E-state index contributed by atoms with van der Waals surface area (Å²) in [5, 5.41) is 0.296. The Kier molecular flexibility index (Phi) is 3.87. The maximum Gasteiger partial charge on any atom is 0.196 e. The lowest BCUT2D eigenvalue weighted by Crippen LogP contribution is -2.07. The molecule has 0 aliphatic rings. The van der Waals surface area contributed by atoms with E-state index in [0.29, 0.717) is 15.6 Å². The van der Waals surface area contributed by atoms with Crippen molar-refractivity contribution in [3.63, 3.8) is 0 Å². The molecule has 1 unspecified atom stereocenters. The van der Waals surface area contributed by atoms with Crippen molar-refractivity contribution < 1.29 is 4.39 Å². The molecule has 7 heteroatoms. The molecule has 0 bridgehead atoms. The predicted molar refractivity (Wildman–Crippen MR) is 74.0 cm³/mol. The largest absolute Gasteiger partial charge is 0.383 e. The Hall–Kier alpha value is -1.86. The third-order valence-electron chi connectivity index (χ3n) is 2.43. The van der Waals surface area contributed by atoms with Crippen LogP contribution in [-0.2, 0) is 0 Å². The number of hydrogen-bond acceptors (Lipinski definition) is 6. The van der Waals surface area contributed by atoms with Crippen LogP contribution in [0.5, 0.6) is 0 Å². The molecule has 0 fully saturated rings. The van der Waals surface area contributed by atoms with Gasteiger partial charge in [-0.05, 0) is 30.3 Å². The van der Waals surface area contributed by atoms with Crippen LogP contribution in [0.15, 0.2) is 34.3 Å². The fourth-order valence-corrected chi connectivity index (χ4v) is 2.61. The molecule has 0 saturated heterocycles. The minimum Gasteiger partial charge on any atom is -0.383 e. The molecule has 1 aromatic carbocycles. The monoisotopic (exact) mass is 279 g/mol. The van der Waals surface area contributed by atoms with E-state index in [1.54, 1.807) is 19.1 Å². The molecular weight excluding hydrogens is 265 g/mol. The number of rotatable bonds is 3. The van der Waals surface area contributed by atoms with E-state index in [1.807, 2.05) is 0 Å². The predicted octanol–water partition coefficient (Wildman–Crippen LogP) is 1.95. The molecule has 0 amide bonds. The molecule has 2 aromatic rings. The molecule has 0 aliphatic heterocycles. The van der Waals surface area contributed by atoms with Crippen LogP contribution in [0, 0.1) is 5.82 Å². The smallest absolute Gasteiger partial charge is 0.196 e. The molecule has 19 heavy (non-hydrogen) atoms. The number of halogens is 1. The van der Waals surface area contributed by atoms with Crippen molar-refractivity contribution >= 4 is 23.4 Å². The van der Waals surface area contributed by atoms with Crippen LogP contribution < -0.4 is 17.2 Å². The summed E-state index contributed by atoms with van der Waals surface area (Å²) < 4.78 is 13.9. The molecule has 100 valence electrons. The number of benzene rings is 1. The lowest BCUT2D eigenvalue weighted by atomic mass is 10.1. The van der Waals surface area contributed by atoms with Gasteiger partial charge in [0.1, 0.15) is 17.5 Å². The molecule has 0 saturated carbocycles. The van der Waals surface area contributed by atoms with Crippen molar-refractivity contribution in [2.45, 2.75) is 23.0 Å². The average molecular weight is 279 g/mol. The highest BCUT2D eigenvalue weighted by Gasteiger charge is 2.15. The Morgan fingerprint density at radius 1 is 1.21 bits per heavy atom. The standard InChI is InChI=1S/C12H14FN5S/c1-6(14)7-3-2-4-8(13)11(7)19-12-17-9(15)5-10(16)18-12/h2-6H,14H2,1H3,(H4,15,16,17,18). The Bertz CT molecular complexity index is 582. The summed E-state index contributed by atoms with van der Waals surface area (Å²) in [6, 6.07) is 5.90. The minimum absolute atomic E-state index is 0.244. The van der Waals surface area contributed by atoms with Crippen molar-refractivity contribution in [2.24, 2.45) is 5.73 Å². The second kappa shape index (κ2) is 5.41. The Morgan fingerprint density at radius 3 is 2.42 bits per heavy atom. The molecular formula is C12H14FN5S. The molecule has 6 N–H and O–H groups in total. The number of hydrogen-bond donors (Lipinski definition) is 3. The van der Waals surface area contributed by atoms with Crippen LogP contribution in [-0.4, -0.2) is 9.97 Å². The topological polar surface area (TPSA) is 104 Å². The van der Waals surface area contributed by atoms with Crippen LogP contribution in [0.25, 0.3) is 0 Å². The van der Waals surface area contributed by atoms with Gasteiger partial charge in [-0.2, -0.15) is 0 Å². The van der Waals surface area contributed by atoms with Gasteiger partial charge in [0.2, 0.25) is 0 Å². The highest BCUT2D eigenvalue weighted by molar-refractivity contribution is 7.99. The minimum atomic E-state index is -0.371. The third kappa shape index (κ3) is 3.12. The van der Waals surface area contributed by atoms with E-state index in [1.165, 1.54) is 12.1 Å². The van der Waals surface area contributed by atoms with Crippen LogP contribution in [0.3, 0.4) is 0 Å². The van der Waals surface area contributed by atoms with Crippen molar-refractivity contribution in [3.8, 4) is 0 Å². The fourth-order valence-electron chi connectivity index (χ4n) is 1.59. The summed E-state index contributed by atoms with van der Waals surface area (Å²) >= 11 is 1.06. The lowest BCUT2D eigenvalue weighted by molar-refractivity contribution is 0.591. The number of aromatic nitrogens is 2. The van der Waals surface area contributed by atoms with E-state index in [2.05, 4.69) is 9.97 Å². The zero-order chi connectivity index (χ0) is 14.0. The van der Waals surface area contributed by atoms with E-state index in [-0.39, 0.29) is 23.5 Å². The summed E-state index contributed by atoms with van der Waals surface area (Å²) in [6.45, 7) is 1.79. The fraction of sp³-hybridized carbons (Fsp3) is 0.167. The normalized spacial score (nSPS) is 12.4. The zero-order valence-electron chi connectivity index (χ0n) is 10.3. The molecule has 5 nitrogen and oxygen atoms in total. The molecule has 0 aliphatic carbocycles. The van der Waals surface area contributed by atoms with Crippen molar-refractivity contribution in [1.82, 2.24) is 9.97 Å². The average Bonchev–Trinajstić information content (AvgIpc) is 2.30. The molecule has 1 aromatic heterocycles. The third-order valence-corrected chi connectivity index (χ3v) is 3.43. The molecule has 0 spiro atoms. The van der Waals surface area contributed by atoms with E-state index < -0.39 is 0 Å². The Balaban J connectivity index is 2.42. The van der Waals surface area contributed by atoms with Gasteiger partial charge in [-0.1, -0.05) is 12.1 Å². The van der Waals surface area contributed by atoms with Crippen molar-refractivity contribution in [1.29, 1.82) is 0 Å². The molecule has 1 atom stereocenters. The van der Waals surface area contributed by atoms with Gasteiger partial charge < -0.3 is 17.2 Å². The summed E-state index contributed by atoms with van der Waals surface area (Å²) in [5.74, 6) is 0.117. The zero-order valence-corrected chi connectivity index (χ0v) is 11.1. The van der Waals surface area contributed by atoms with Crippen LogP contribution in [0.2, 0.25) is 0 Å². The van der Waals surface area contributed by atoms with Gasteiger partial charge in [-0.25, -0.2) is 14.4 Å². The lowest BCUT2D eigenvalue weighted by Gasteiger charge is -2.12. The van der Waals surface area contributed by atoms with Gasteiger partial charge in [0.25, 0.3) is 0 Å². The van der Waals surface area contributed by atoms with Crippen molar-refractivity contribution in [3.05, 3.63) is 35.6 Å². The second-order valence-corrected chi connectivity index (χ2v) is 5.03. The van der Waals surface area contributed by atoms with Gasteiger partial charge in [0.15, 0.2) is 5.16 Å². The van der Waals surface area contributed by atoms with Gasteiger partial charge in [-0.3, -0.25) is 0 Å². The molecule has 1 heterocycles. The summed E-state index contributed by atoms with van der Waals surface area (Å²) in [7, 11) is 0. The number of nitrogen functional groups attached to an aromatic ring is 2. The van der Waals surface area contributed by atoms with E-state index in [0.717, 1.165) is 11.8 Å². The van der Waals surface area contributed by atoms with Gasteiger partial charge in [-0.15, -0.1) is 0 Å². The van der Waals surface area contributed by atoms with E-state index >= 15 is 0 Å². The molecule has 0 radical (unpaired) electrons. The first-order valence-electron chi connectivity index (χ1n) is 5.59. The highest BCUT2D eigenvalue weighted by Crippen LogP contribution is 2.33. The maximum absolute atomic E-state index is 13.9. The molecule has 2 rings (SSSR count). The summed E-state index contributed by atoms with van der Waals surface area (Å²) in [6.07, 6.45) is 0. The highest BCUT2D eigenvalue weighted by atomic mass is 32.2. The SMILES string of the molecule is CC(N)c1cccc(F)c1Sc1nc(N)cc(N)n1. The van der Waals surface area contributed by atoms with E-state index in [9.17, 15) is 4.39 Å². The van der Waals surface area contributed by atoms with Crippen LogP contribution in [0.1, 0.15) is 18.5 Å². The van der Waals surface area contributed by atoms with Gasteiger partial charge in [0.05, 0.1) is 4.90 Å². The Labute approximate surface area is 114 Å². The first-order chi connectivity index (χ1) is 8.97. The maximum atomic E-state index is 13.9. The van der Waals surface area contributed by atoms with Crippen LogP contribution in [0.4, 0.5) is 16.0 Å². The van der Waals surface area contributed by atoms with Gasteiger partial charge >= 0.3 is 0 Å². The number of nitrogens with zero attached hydrogens (tertiary/aromatic N) is 2. The van der Waals surface area contributed by atoms with Crippen LogP contribution >= 0.6 is 11.8 Å². The number of anilines is 2. The summed E-state index contributed by atoms with van der Waals surface area (Å²) in [4.78, 5) is 8.42. The van der Waals surface area contributed by atoms with Gasteiger partial charge in [0, 0.05) is 12.1 Å². The number of nitrogens with two attached hydrogens (primary N) is 3. The van der Waals surface area contributed by atoms with Crippen molar-refractivity contribution in [2.75, 3.05) is 11.5 Å². The first-order valence-corrected chi connectivity index (χ1v) is 6.41. The van der Waals surface area contributed by atoms with E-state index in [4.69, 9.17) is 17.2 Å². The Morgan fingerprint density at radius 2 is 1.84 bits per heavy atom. The summed E-state index contributed by atoms with van der Waals surface area (Å²) in [5.41, 5.74) is 17.7. The quantitative estimate of drug-likeness (QED) is 0.742. The first kappa shape index (κ1) is 13.6. The second-order valence-electron chi connectivity index (χ2n) is 4.05.